The van der Waals surface area contributed by atoms with E-state index in [0.717, 1.165) is 24.8 Å². The molecule has 1 amide bonds. The van der Waals surface area contributed by atoms with Crippen molar-refractivity contribution in [3.05, 3.63) is 22.4 Å². The third-order valence-electron chi connectivity index (χ3n) is 3.74. The lowest BCUT2D eigenvalue weighted by atomic mass is 9.75. The molecule has 1 fully saturated rings. The van der Waals surface area contributed by atoms with Gasteiger partial charge in [-0.2, -0.15) is 11.3 Å². The van der Waals surface area contributed by atoms with Crippen molar-refractivity contribution in [2.45, 2.75) is 44.1 Å². The van der Waals surface area contributed by atoms with Gasteiger partial charge in [-0.15, -0.1) is 0 Å². The number of amides is 1. The van der Waals surface area contributed by atoms with Crippen LogP contribution in [0.2, 0.25) is 0 Å². The first-order valence-electron chi connectivity index (χ1n) is 6.92. The molecule has 1 aliphatic rings. The van der Waals surface area contributed by atoms with E-state index in [1.165, 1.54) is 11.3 Å². The summed E-state index contributed by atoms with van der Waals surface area (Å²) in [5.41, 5.74) is 0.970. The molecule has 20 heavy (non-hydrogen) atoms. The van der Waals surface area contributed by atoms with Crippen LogP contribution in [0.15, 0.2) is 16.8 Å². The minimum absolute atomic E-state index is 0.197. The molecule has 1 aromatic heterocycles. The minimum Gasteiger partial charge on any atom is -0.426 e. The molecule has 2 rings (SSSR count). The predicted molar refractivity (Wildman–Crippen MR) is 78.1 cm³/mol. The number of rotatable bonds is 5. The van der Waals surface area contributed by atoms with Gasteiger partial charge in [-0.1, -0.05) is 6.42 Å². The average Bonchev–Trinajstić information content (AvgIpc) is 2.90. The average molecular weight is 297 g/mol. The molecule has 1 saturated carbocycles. The molecule has 3 atom stereocenters. The highest BCUT2D eigenvalue weighted by Crippen LogP contribution is 2.24. The molecule has 0 saturated heterocycles. The van der Waals surface area contributed by atoms with E-state index < -0.39 is 19.2 Å². The fraction of sp³-hybridized carbons (Fsp3) is 0.615. The van der Waals surface area contributed by atoms with E-state index in [-0.39, 0.29) is 11.8 Å². The Labute approximate surface area is 122 Å². The number of carbonyl (C=O) groups excluding carboxylic acids is 1. The zero-order valence-electron chi connectivity index (χ0n) is 11.2. The highest BCUT2D eigenvalue weighted by atomic mass is 32.1. The zero-order valence-corrected chi connectivity index (χ0v) is 12.1. The normalized spacial score (nSPS) is 24.1. The number of hydrogen-bond donors (Lipinski definition) is 4. The molecule has 0 aromatic carbocycles. The van der Waals surface area contributed by atoms with Crippen LogP contribution < -0.4 is 5.32 Å². The lowest BCUT2D eigenvalue weighted by Crippen LogP contribution is -2.50. The molecule has 4 N–H and O–H groups in total. The summed E-state index contributed by atoms with van der Waals surface area (Å²) in [6, 6.07) is 1.90. The Balaban J connectivity index is 1.91. The van der Waals surface area contributed by atoms with Crippen molar-refractivity contribution in [2.75, 3.05) is 0 Å². The van der Waals surface area contributed by atoms with Gasteiger partial charge in [0.2, 0.25) is 5.91 Å². The Hall–Kier alpha value is -0.885. The van der Waals surface area contributed by atoms with Crippen molar-refractivity contribution in [2.24, 2.45) is 5.92 Å². The Morgan fingerprint density at radius 1 is 1.50 bits per heavy atom. The second kappa shape index (κ2) is 7.22. The highest BCUT2D eigenvalue weighted by Gasteiger charge is 2.31. The van der Waals surface area contributed by atoms with Crippen molar-refractivity contribution in [1.82, 2.24) is 5.32 Å². The van der Waals surface area contributed by atoms with Gasteiger partial charge < -0.3 is 20.5 Å². The van der Waals surface area contributed by atoms with Gasteiger partial charge in [-0.05, 0) is 48.1 Å². The smallest absolute Gasteiger partial charge is 0.426 e. The van der Waals surface area contributed by atoms with Crippen molar-refractivity contribution in [3.63, 3.8) is 0 Å². The summed E-state index contributed by atoms with van der Waals surface area (Å²) in [7, 11) is -1.59. The second-order valence-electron chi connectivity index (χ2n) is 5.38. The second-order valence-corrected chi connectivity index (χ2v) is 6.16. The molecule has 1 aromatic rings. The van der Waals surface area contributed by atoms with Crippen LogP contribution in [0, 0.1) is 5.92 Å². The lowest BCUT2D eigenvalue weighted by molar-refractivity contribution is -0.127. The van der Waals surface area contributed by atoms with E-state index in [1.54, 1.807) is 0 Å². The molecule has 0 aliphatic heterocycles. The van der Waals surface area contributed by atoms with Crippen molar-refractivity contribution < 1.29 is 19.9 Å². The summed E-state index contributed by atoms with van der Waals surface area (Å²) in [6.45, 7) is 0. The van der Waals surface area contributed by atoms with Crippen LogP contribution in [0.3, 0.4) is 0 Å². The summed E-state index contributed by atoms with van der Waals surface area (Å²) >= 11 is 1.53. The summed E-state index contributed by atoms with van der Waals surface area (Å²) < 4.78 is 0. The molecule has 1 heterocycles. The van der Waals surface area contributed by atoms with Crippen molar-refractivity contribution in [3.8, 4) is 0 Å². The van der Waals surface area contributed by atoms with Gasteiger partial charge in [-0.25, -0.2) is 0 Å². The van der Waals surface area contributed by atoms with E-state index in [2.05, 4.69) is 5.32 Å². The lowest BCUT2D eigenvalue weighted by Gasteiger charge is -2.27. The van der Waals surface area contributed by atoms with E-state index >= 15 is 0 Å². The summed E-state index contributed by atoms with van der Waals surface area (Å²) in [4.78, 5) is 12.1. The van der Waals surface area contributed by atoms with Crippen LogP contribution in [0.4, 0.5) is 0 Å². The van der Waals surface area contributed by atoms with Crippen molar-refractivity contribution >= 4 is 24.4 Å². The van der Waals surface area contributed by atoms with E-state index in [1.807, 2.05) is 16.8 Å². The summed E-state index contributed by atoms with van der Waals surface area (Å²) in [5.74, 6) is -1.14. The number of carbonyl (C=O) groups is 1. The fourth-order valence-corrected chi connectivity index (χ4v) is 3.28. The number of aliphatic hydroxyl groups excluding tert-OH is 1. The molecule has 0 bridgehead atoms. The third-order valence-corrected chi connectivity index (χ3v) is 4.47. The Bertz CT molecular complexity index is 426. The number of aliphatic hydroxyl groups is 1. The number of thiophene rings is 1. The van der Waals surface area contributed by atoms with E-state index in [0.29, 0.717) is 12.8 Å². The number of hydrogen-bond acceptors (Lipinski definition) is 5. The molecular formula is C13H20BNO4S. The Kier molecular flexibility index (Phi) is 5.59. The van der Waals surface area contributed by atoms with Gasteiger partial charge in [0.05, 0.1) is 12.0 Å². The maximum absolute atomic E-state index is 12.1. The van der Waals surface area contributed by atoms with Gasteiger partial charge in [0.1, 0.15) is 0 Å². The van der Waals surface area contributed by atoms with Gasteiger partial charge in [0.15, 0.2) is 0 Å². The third kappa shape index (κ3) is 4.31. The van der Waals surface area contributed by atoms with Crippen LogP contribution in [-0.4, -0.2) is 40.2 Å². The standard InChI is InChI=1S/C13H20BNO4S/c16-11-3-1-2-10(7-11)13(17)15-12(14(18)19)6-9-4-5-20-8-9/h4-5,8,10-12,16,18-19H,1-3,6-7H2,(H,15,17)/t10-,11+,12-/m0/s1. The van der Waals surface area contributed by atoms with Crippen LogP contribution in [-0.2, 0) is 11.2 Å². The molecule has 110 valence electrons. The predicted octanol–water partition coefficient (Wildman–Crippen LogP) is 0.338. The minimum atomic E-state index is -1.59. The maximum atomic E-state index is 12.1. The van der Waals surface area contributed by atoms with Gasteiger partial charge in [-0.3, -0.25) is 4.79 Å². The van der Waals surface area contributed by atoms with Crippen LogP contribution in [0.1, 0.15) is 31.2 Å². The van der Waals surface area contributed by atoms with Gasteiger partial charge >= 0.3 is 7.12 Å². The Morgan fingerprint density at radius 2 is 2.30 bits per heavy atom. The summed E-state index contributed by atoms with van der Waals surface area (Å²) in [6.07, 6.45) is 2.74. The van der Waals surface area contributed by atoms with Gasteiger partial charge in [0.25, 0.3) is 0 Å². The summed E-state index contributed by atoms with van der Waals surface area (Å²) in [5, 5.41) is 34.9. The maximum Gasteiger partial charge on any atom is 0.475 e. The van der Waals surface area contributed by atoms with E-state index in [4.69, 9.17) is 0 Å². The molecule has 0 radical (unpaired) electrons. The topological polar surface area (TPSA) is 89.8 Å². The van der Waals surface area contributed by atoms with Crippen molar-refractivity contribution in [1.29, 1.82) is 0 Å². The zero-order chi connectivity index (χ0) is 14.5. The highest BCUT2D eigenvalue weighted by molar-refractivity contribution is 7.07. The van der Waals surface area contributed by atoms with E-state index in [9.17, 15) is 19.9 Å². The molecular weight excluding hydrogens is 277 g/mol. The largest absolute Gasteiger partial charge is 0.475 e. The van der Waals surface area contributed by atoms with Crippen LogP contribution in [0.5, 0.6) is 0 Å². The fourth-order valence-electron chi connectivity index (χ4n) is 2.60. The quantitative estimate of drug-likeness (QED) is 0.590. The first kappa shape index (κ1) is 15.5. The molecule has 5 nitrogen and oxygen atoms in total. The molecule has 0 unspecified atom stereocenters. The molecule has 7 heteroatoms. The number of nitrogens with one attached hydrogen (secondary N) is 1. The molecule has 1 aliphatic carbocycles. The SMILES string of the molecule is O=C(N[C@@H](Cc1ccsc1)B(O)O)[C@H]1CCC[C@@H](O)C1. The van der Waals surface area contributed by atoms with Crippen LogP contribution >= 0.6 is 11.3 Å². The first-order chi connectivity index (χ1) is 9.56. The first-order valence-corrected chi connectivity index (χ1v) is 7.86. The van der Waals surface area contributed by atoms with Gasteiger partial charge in [0, 0.05) is 5.92 Å². The molecule has 0 spiro atoms. The monoisotopic (exact) mass is 297 g/mol. The Morgan fingerprint density at radius 3 is 2.90 bits per heavy atom. The van der Waals surface area contributed by atoms with Crippen LogP contribution in [0.25, 0.3) is 0 Å².